The predicted octanol–water partition coefficient (Wildman–Crippen LogP) is 1.87. The van der Waals surface area contributed by atoms with Crippen LogP contribution in [0.1, 0.15) is 24.8 Å². The van der Waals surface area contributed by atoms with Crippen molar-refractivity contribution in [1.29, 1.82) is 0 Å². The molecule has 0 spiro atoms. The molecule has 1 aliphatic rings. The molecule has 1 amide bonds. The molecule has 1 aromatic rings. The Labute approximate surface area is 127 Å². The van der Waals surface area contributed by atoms with E-state index in [4.69, 9.17) is 4.74 Å². The summed E-state index contributed by atoms with van der Waals surface area (Å²) in [7, 11) is 1.67. The number of amides is 1. The molecule has 0 aromatic heterocycles. The lowest BCUT2D eigenvalue weighted by atomic mass is 9.81. The van der Waals surface area contributed by atoms with Gasteiger partial charge in [0.2, 0.25) is 5.91 Å². The van der Waals surface area contributed by atoms with Crippen molar-refractivity contribution in [2.24, 2.45) is 5.92 Å². The Balaban J connectivity index is 1.81. The number of rotatable bonds is 6. The maximum absolute atomic E-state index is 12.2. The second-order valence-electron chi connectivity index (χ2n) is 5.79. The van der Waals surface area contributed by atoms with Crippen molar-refractivity contribution in [3.05, 3.63) is 35.9 Å². The Morgan fingerprint density at radius 3 is 2.81 bits per heavy atom. The van der Waals surface area contributed by atoms with Gasteiger partial charge in [-0.3, -0.25) is 4.79 Å². The molecule has 1 fully saturated rings. The summed E-state index contributed by atoms with van der Waals surface area (Å²) in [6, 6.07) is 10.6. The molecule has 2 unspecified atom stereocenters. The Morgan fingerprint density at radius 2 is 2.14 bits per heavy atom. The van der Waals surface area contributed by atoms with Crippen LogP contribution >= 0.6 is 0 Å². The molecule has 1 N–H and O–H groups in total. The maximum Gasteiger partial charge on any atom is 0.236 e. The van der Waals surface area contributed by atoms with Crippen LogP contribution in [0.15, 0.2) is 30.3 Å². The minimum atomic E-state index is 0.199. The van der Waals surface area contributed by atoms with Crippen LogP contribution in [0, 0.1) is 5.92 Å². The van der Waals surface area contributed by atoms with Crippen LogP contribution in [0.5, 0.6) is 0 Å². The Bertz CT molecular complexity index is 436. The van der Waals surface area contributed by atoms with E-state index in [9.17, 15) is 4.79 Å². The van der Waals surface area contributed by atoms with E-state index >= 15 is 0 Å². The summed E-state index contributed by atoms with van der Waals surface area (Å²) in [5.41, 5.74) is 1.40. The van der Waals surface area contributed by atoms with Gasteiger partial charge in [0.1, 0.15) is 0 Å². The van der Waals surface area contributed by atoms with Gasteiger partial charge in [0.25, 0.3) is 0 Å². The van der Waals surface area contributed by atoms with Gasteiger partial charge in [-0.2, -0.15) is 0 Å². The molecule has 116 valence electrons. The van der Waals surface area contributed by atoms with Crippen LogP contribution in [0.3, 0.4) is 0 Å². The van der Waals surface area contributed by atoms with Crippen LogP contribution < -0.4 is 5.32 Å². The number of nitrogens with one attached hydrogen (secondary N) is 1. The lowest BCUT2D eigenvalue weighted by Crippen LogP contribution is -2.45. The van der Waals surface area contributed by atoms with Crippen molar-refractivity contribution in [1.82, 2.24) is 10.2 Å². The summed E-state index contributed by atoms with van der Waals surface area (Å²) in [5, 5.41) is 3.12. The first-order valence-corrected chi connectivity index (χ1v) is 7.74. The van der Waals surface area contributed by atoms with E-state index in [2.05, 4.69) is 42.6 Å². The summed E-state index contributed by atoms with van der Waals surface area (Å²) in [6.07, 6.45) is 1.05. The molecule has 4 nitrogen and oxygen atoms in total. The molecule has 2 atom stereocenters. The third kappa shape index (κ3) is 4.55. The minimum absolute atomic E-state index is 0.199. The molecule has 0 radical (unpaired) electrons. The van der Waals surface area contributed by atoms with Gasteiger partial charge in [0.05, 0.1) is 13.2 Å². The fourth-order valence-electron chi connectivity index (χ4n) is 3.05. The number of hydrogen-bond donors (Lipinski definition) is 1. The number of benzene rings is 1. The van der Waals surface area contributed by atoms with Crippen molar-refractivity contribution in [3.8, 4) is 0 Å². The van der Waals surface area contributed by atoms with E-state index in [0.29, 0.717) is 25.0 Å². The summed E-state index contributed by atoms with van der Waals surface area (Å²) in [4.78, 5) is 14.2. The minimum Gasteiger partial charge on any atom is -0.383 e. The van der Waals surface area contributed by atoms with Crippen LogP contribution in [0.4, 0.5) is 0 Å². The van der Waals surface area contributed by atoms with E-state index in [0.717, 1.165) is 26.1 Å². The molecule has 0 aliphatic carbocycles. The largest absolute Gasteiger partial charge is 0.383 e. The van der Waals surface area contributed by atoms with Gasteiger partial charge in [-0.25, -0.2) is 0 Å². The number of nitrogens with zero attached hydrogens (tertiary/aromatic N) is 1. The van der Waals surface area contributed by atoms with E-state index < -0.39 is 0 Å². The quantitative estimate of drug-likeness (QED) is 0.813. The zero-order valence-electron chi connectivity index (χ0n) is 13.0. The fourth-order valence-corrected chi connectivity index (χ4v) is 3.05. The number of carbonyl (C=O) groups excluding carboxylic acids is 1. The van der Waals surface area contributed by atoms with Crippen LogP contribution in [0.25, 0.3) is 0 Å². The predicted molar refractivity (Wildman–Crippen MR) is 84.3 cm³/mol. The van der Waals surface area contributed by atoms with Crippen LogP contribution in [-0.4, -0.2) is 50.7 Å². The second-order valence-corrected chi connectivity index (χ2v) is 5.79. The van der Waals surface area contributed by atoms with Gasteiger partial charge in [-0.1, -0.05) is 37.3 Å². The smallest absolute Gasteiger partial charge is 0.236 e. The average molecular weight is 290 g/mol. The first-order valence-electron chi connectivity index (χ1n) is 7.74. The van der Waals surface area contributed by atoms with Crippen LogP contribution in [-0.2, 0) is 9.53 Å². The SMILES string of the molecule is COCCNCC(=O)N1CCC(c2ccccc2)C(C)C1. The van der Waals surface area contributed by atoms with Crippen molar-refractivity contribution in [2.45, 2.75) is 19.3 Å². The second kappa shape index (κ2) is 8.15. The zero-order chi connectivity index (χ0) is 15.1. The maximum atomic E-state index is 12.2. The van der Waals surface area contributed by atoms with Gasteiger partial charge in [0, 0.05) is 26.7 Å². The highest BCUT2D eigenvalue weighted by Crippen LogP contribution is 2.32. The summed E-state index contributed by atoms with van der Waals surface area (Å²) in [5.74, 6) is 1.27. The Hall–Kier alpha value is -1.39. The van der Waals surface area contributed by atoms with Crippen molar-refractivity contribution in [3.63, 3.8) is 0 Å². The highest BCUT2D eigenvalue weighted by atomic mass is 16.5. The molecular weight excluding hydrogens is 264 g/mol. The molecule has 1 aromatic carbocycles. The number of hydrogen-bond acceptors (Lipinski definition) is 3. The van der Waals surface area contributed by atoms with Crippen LogP contribution in [0.2, 0.25) is 0 Å². The monoisotopic (exact) mass is 290 g/mol. The van der Waals surface area contributed by atoms with Crippen molar-refractivity contribution < 1.29 is 9.53 Å². The van der Waals surface area contributed by atoms with E-state index in [1.165, 1.54) is 5.56 Å². The highest BCUT2D eigenvalue weighted by molar-refractivity contribution is 5.78. The topological polar surface area (TPSA) is 41.6 Å². The van der Waals surface area contributed by atoms with Gasteiger partial charge in [-0.05, 0) is 23.8 Å². The van der Waals surface area contributed by atoms with Gasteiger partial charge in [-0.15, -0.1) is 0 Å². The summed E-state index contributed by atoms with van der Waals surface area (Å²) < 4.78 is 4.96. The van der Waals surface area contributed by atoms with E-state index in [1.807, 2.05) is 4.90 Å². The molecule has 1 saturated heterocycles. The standard InChI is InChI=1S/C17H26N2O2/c1-14-13-19(17(20)12-18-9-11-21-2)10-8-16(14)15-6-4-3-5-7-15/h3-7,14,16,18H,8-13H2,1-2H3. The summed E-state index contributed by atoms with van der Waals surface area (Å²) in [6.45, 7) is 5.72. The fraction of sp³-hybridized carbons (Fsp3) is 0.588. The van der Waals surface area contributed by atoms with Crippen molar-refractivity contribution >= 4 is 5.91 Å². The number of piperidine rings is 1. The molecule has 2 rings (SSSR count). The number of methoxy groups -OCH3 is 1. The normalized spacial score (nSPS) is 22.3. The van der Waals surface area contributed by atoms with Gasteiger partial charge >= 0.3 is 0 Å². The van der Waals surface area contributed by atoms with Gasteiger partial charge < -0.3 is 15.0 Å². The average Bonchev–Trinajstić information content (AvgIpc) is 2.52. The molecule has 1 aliphatic heterocycles. The van der Waals surface area contributed by atoms with E-state index in [-0.39, 0.29) is 5.91 Å². The molecule has 0 saturated carbocycles. The molecule has 21 heavy (non-hydrogen) atoms. The third-order valence-electron chi connectivity index (χ3n) is 4.24. The number of carbonyl (C=O) groups is 1. The highest BCUT2D eigenvalue weighted by Gasteiger charge is 2.29. The van der Waals surface area contributed by atoms with Gasteiger partial charge in [0.15, 0.2) is 0 Å². The molecule has 0 bridgehead atoms. The lowest BCUT2D eigenvalue weighted by Gasteiger charge is -2.37. The van der Waals surface area contributed by atoms with Crippen molar-refractivity contribution in [2.75, 3.05) is 39.9 Å². The molecule has 1 heterocycles. The lowest BCUT2D eigenvalue weighted by molar-refractivity contribution is -0.132. The first-order chi connectivity index (χ1) is 10.2. The zero-order valence-corrected chi connectivity index (χ0v) is 13.0. The number of likely N-dealkylation sites (tertiary alicyclic amines) is 1. The molecular formula is C17H26N2O2. The summed E-state index contributed by atoms with van der Waals surface area (Å²) >= 11 is 0. The Morgan fingerprint density at radius 1 is 1.38 bits per heavy atom. The van der Waals surface area contributed by atoms with E-state index in [1.54, 1.807) is 7.11 Å². The molecule has 4 heteroatoms. The third-order valence-corrected chi connectivity index (χ3v) is 4.24. The number of ether oxygens (including phenoxy) is 1. The first kappa shape index (κ1) is 16.0. The Kier molecular flexibility index (Phi) is 6.21.